The predicted octanol–water partition coefficient (Wildman–Crippen LogP) is 0.734. The van der Waals surface area contributed by atoms with Gasteiger partial charge in [0.1, 0.15) is 5.69 Å². The van der Waals surface area contributed by atoms with Gasteiger partial charge in [0.05, 0.1) is 11.8 Å². The minimum atomic E-state index is -0.635. The van der Waals surface area contributed by atoms with Crippen molar-refractivity contribution in [2.75, 3.05) is 6.54 Å². The second-order valence-electron chi connectivity index (χ2n) is 2.55. The molecule has 0 amide bonds. The number of carbonyl (C=O) groups excluding carboxylic acids is 1. The van der Waals surface area contributed by atoms with E-state index in [1.54, 1.807) is 0 Å². The van der Waals surface area contributed by atoms with Crippen LogP contribution in [0.5, 0.6) is 0 Å². The number of halogens is 1. The molecule has 14 heavy (non-hydrogen) atoms. The van der Waals surface area contributed by atoms with Crippen molar-refractivity contribution in [2.45, 2.75) is 6.42 Å². The molecule has 0 unspecified atom stereocenters. The Labute approximate surface area is 81.1 Å². The van der Waals surface area contributed by atoms with Crippen LogP contribution in [0.25, 0.3) is 0 Å². The van der Waals surface area contributed by atoms with Crippen LogP contribution in [0.15, 0.2) is 12.3 Å². The summed E-state index contributed by atoms with van der Waals surface area (Å²) in [5.74, 6) is 4.79. The third-order valence-electron chi connectivity index (χ3n) is 1.50. The average molecular weight is 192 g/mol. The van der Waals surface area contributed by atoms with E-state index in [-0.39, 0.29) is 5.56 Å². The van der Waals surface area contributed by atoms with Gasteiger partial charge in [-0.1, -0.05) is 5.92 Å². The van der Waals surface area contributed by atoms with Gasteiger partial charge in [-0.25, -0.2) is 9.37 Å². The van der Waals surface area contributed by atoms with Crippen LogP contribution in [-0.2, 0) is 0 Å². The smallest absolute Gasteiger partial charge is 0.153 e. The monoisotopic (exact) mass is 192 g/mol. The number of nitrogens with two attached hydrogens (primary N) is 1. The molecule has 0 aliphatic heterocycles. The normalized spacial score (nSPS) is 9.00. The maximum Gasteiger partial charge on any atom is 0.153 e. The van der Waals surface area contributed by atoms with Crippen molar-refractivity contribution >= 4 is 6.29 Å². The number of pyridine rings is 1. The number of nitrogens with zero attached hydrogens (tertiary/aromatic N) is 1. The Balaban J connectivity index is 2.91. The molecule has 0 saturated carbocycles. The highest BCUT2D eigenvalue weighted by molar-refractivity contribution is 5.75. The molecule has 2 N–H and O–H groups in total. The SMILES string of the molecule is NCCC#Cc1cc(C=O)c(F)cn1. The molecule has 1 aromatic rings. The molecule has 1 heterocycles. The highest BCUT2D eigenvalue weighted by atomic mass is 19.1. The van der Waals surface area contributed by atoms with Crippen LogP contribution in [0.1, 0.15) is 22.5 Å². The highest BCUT2D eigenvalue weighted by Crippen LogP contribution is 2.03. The van der Waals surface area contributed by atoms with Gasteiger partial charge in [-0.2, -0.15) is 0 Å². The summed E-state index contributed by atoms with van der Waals surface area (Å²) in [5, 5.41) is 0. The first-order chi connectivity index (χ1) is 6.77. The van der Waals surface area contributed by atoms with E-state index in [0.29, 0.717) is 24.9 Å². The first kappa shape index (κ1) is 10.4. The van der Waals surface area contributed by atoms with Crippen LogP contribution in [0.3, 0.4) is 0 Å². The zero-order chi connectivity index (χ0) is 10.4. The summed E-state index contributed by atoms with van der Waals surface area (Å²) in [6.07, 6.45) is 1.97. The minimum Gasteiger partial charge on any atom is -0.330 e. The molecule has 0 fully saturated rings. The minimum absolute atomic E-state index is 0.0305. The Morgan fingerprint density at radius 2 is 2.43 bits per heavy atom. The lowest BCUT2D eigenvalue weighted by Gasteiger charge is -1.93. The Morgan fingerprint density at radius 1 is 1.64 bits per heavy atom. The van der Waals surface area contributed by atoms with Gasteiger partial charge in [0.25, 0.3) is 0 Å². The van der Waals surface area contributed by atoms with Crippen LogP contribution < -0.4 is 5.73 Å². The fraction of sp³-hybridized carbons (Fsp3) is 0.200. The third kappa shape index (κ3) is 2.64. The Hall–Kier alpha value is -1.73. The van der Waals surface area contributed by atoms with E-state index in [9.17, 15) is 9.18 Å². The van der Waals surface area contributed by atoms with Gasteiger partial charge in [-0.15, -0.1) is 0 Å². The molecule has 3 nitrogen and oxygen atoms in total. The summed E-state index contributed by atoms with van der Waals surface area (Å²) < 4.78 is 12.8. The topological polar surface area (TPSA) is 56.0 Å². The van der Waals surface area contributed by atoms with E-state index in [0.717, 1.165) is 6.20 Å². The molecular weight excluding hydrogens is 183 g/mol. The fourth-order valence-corrected chi connectivity index (χ4v) is 0.838. The molecule has 0 aliphatic rings. The molecular formula is C10H9FN2O. The molecule has 0 radical (unpaired) electrons. The zero-order valence-corrected chi connectivity index (χ0v) is 7.46. The van der Waals surface area contributed by atoms with E-state index in [1.807, 2.05) is 0 Å². The lowest BCUT2D eigenvalue weighted by molar-refractivity contribution is 0.111. The predicted molar refractivity (Wildman–Crippen MR) is 50.1 cm³/mol. The summed E-state index contributed by atoms with van der Waals surface area (Å²) in [5.41, 5.74) is 5.58. The van der Waals surface area contributed by atoms with E-state index >= 15 is 0 Å². The van der Waals surface area contributed by atoms with E-state index in [4.69, 9.17) is 5.73 Å². The molecule has 1 rings (SSSR count). The van der Waals surface area contributed by atoms with Crippen molar-refractivity contribution in [3.05, 3.63) is 29.3 Å². The molecule has 0 spiro atoms. The van der Waals surface area contributed by atoms with Gasteiger partial charge >= 0.3 is 0 Å². The number of rotatable bonds is 2. The van der Waals surface area contributed by atoms with Gasteiger partial charge in [0, 0.05) is 13.0 Å². The summed E-state index contributed by atoms with van der Waals surface area (Å²) in [6.45, 7) is 0.467. The maximum absolute atomic E-state index is 12.8. The molecule has 0 aliphatic carbocycles. The summed E-state index contributed by atoms with van der Waals surface area (Å²) in [7, 11) is 0. The van der Waals surface area contributed by atoms with Gasteiger partial charge in [0.2, 0.25) is 0 Å². The molecule has 0 aromatic carbocycles. The van der Waals surface area contributed by atoms with E-state index in [1.165, 1.54) is 6.07 Å². The first-order valence-corrected chi connectivity index (χ1v) is 4.07. The maximum atomic E-state index is 12.8. The van der Waals surface area contributed by atoms with Crippen LogP contribution in [0.4, 0.5) is 4.39 Å². The van der Waals surface area contributed by atoms with Crippen LogP contribution in [-0.4, -0.2) is 17.8 Å². The Morgan fingerprint density at radius 3 is 3.07 bits per heavy atom. The van der Waals surface area contributed by atoms with Gasteiger partial charge in [-0.3, -0.25) is 4.79 Å². The molecule has 0 saturated heterocycles. The molecule has 72 valence electrons. The summed E-state index contributed by atoms with van der Waals surface area (Å²) in [6, 6.07) is 1.31. The zero-order valence-electron chi connectivity index (χ0n) is 7.46. The van der Waals surface area contributed by atoms with E-state index in [2.05, 4.69) is 16.8 Å². The van der Waals surface area contributed by atoms with Crippen molar-refractivity contribution in [3.63, 3.8) is 0 Å². The molecule has 0 atom stereocenters. The standard InChI is InChI=1S/C10H9FN2O/c11-10-6-13-9(3-1-2-4-12)5-8(10)7-14/h5-7H,2,4,12H2. The van der Waals surface area contributed by atoms with E-state index < -0.39 is 5.82 Å². The van der Waals surface area contributed by atoms with Gasteiger partial charge < -0.3 is 5.73 Å². The number of aldehydes is 1. The van der Waals surface area contributed by atoms with Crippen LogP contribution in [0, 0.1) is 17.7 Å². The fourth-order valence-electron chi connectivity index (χ4n) is 0.838. The lowest BCUT2D eigenvalue weighted by Crippen LogP contribution is -1.96. The second-order valence-corrected chi connectivity index (χ2v) is 2.55. The van der Waals surface area contributed by atoms with Gasteiger partial charge in [-0.05, 0) is 12.0 Å². The highest BCUT2D eigenvalue weighted by Gasteiger charge is 2.01. The number of aromatic nitrogens is 1. The Kier molecular flexibility index (Phi) is 3.77. The number of hydrogen-bond donors (Lipinski definition) is 1. The lowest BCUT2D eigenvalue weighted by atomic mass is 10.2. The third-order valence-corrected chi connectivity index (χ3v) is 1.50. The second kappa shape index (κ2) is 5.10. The number of carbonyl (C=O) groups is 1. The van der Waals surface area contributed by atoms with Crippen molar-refractivity contribution < 1.29 is 9.18 Å². The largest absolute Gasteiger partial charge is 0.330 e. The molecule has 0 bridgehead atoms. The van der Waals surface area contributed by atoms with Crippen molar-refractivity contribution in [3.8, 4) is 11.8 Å². The number of hydrogen-bond acceptors (Lipinski definition) is 3. The Bertz CT molecular complexity index is 393. The average Bonchev–Trinajstić information content (AvgIpc) is 2.21. The van der Waals surface area contributed by atoms with Crippen LogP contribution in [0.2, 0.25) is 0 Å². The van der Waals surface area contributed by atoms with Crippen LogP contribution >= 0.6 is 0 Å². The quantitative estimate of drug-likeness (QED) is 0.555. The summed E-state index contributed by atoms with van der Waals surface area (Å²) in [4.78, 5) is 14.1. The summed E-state index contributed by atoms with van der Waals surface area (Å²) >= 11 is 0. The van der Waals surface area contributed by atoms with Crippen molar-refractivity contribution in [1.82, 2.24) is 4.98 Å². The molecule has 4 heteroatoms. The molecule has 1 aromatic heterocycles. The first-order valence-electron chi connectivity index (χ1n) is 4.07. The van der Waals surface area contributed by atoms with Crippen molar-refractivity contribution in [1.29, 1.82) is 0 Å². The van der Waals surface area contributed by atoms with Crippen molar-refractivity contribution in [2.24, 2.45) is 5.73 Å². The van der Waals surface area contributed by atoms with Gasteiger partial charge in [0.15, 0.2) is 12.1 Å².